The molecule has 1 fully saturated rings. The molecular formula is C14H22N2O3. The van der Waals surface area contributed by atoms with Gasteiger partial charge in [0.15, 0.2) is 0 Å². The number of amides is 1. The second-order valence-electron chi connectivity index (χ2n) is 5.08. The summed E-state index contributed by atoms with van der Waals surface area (Å²) in [5.41, 5.74) is 5.40. The summed E-state index contributed by atoms with van der Waals surface area (Å²) in [7, 11) is 0. The molecule has 0 radical (unpaired) electrons. The molecule has 1 saturated carbocycles. The topological polar surface area (TPSA) is 77.5 Å². The van der Waals surface area contributed by atoms with Crippen LogP contribution >= 0.6 is 0 Å². The zero-order valence-electron chi connectivity index (χ0n) is 11.2. The summed E-state index contributed by atoms with van der Waals surface area (Å²) in [6.07, 6.45) is 5.38. The number of carbonyl (C=O) groups is 1. The van der Waals surface area contributed by atoms with Crippen molar-refractivity contribution in [1.82, 2.24) is 5.32 Å². The molecule has 0 atom stereocenters. The van der Waals surface area contributed by atoms with Crippen LogP contribution in [-0.4, -0.2) is 25.6 Å². The van der Waals surface area contributed by atoms with Gasteiger partial charge in [-0.05, 0) is 31.4 Å². The summed E-state index contributed by atoms with van der Waals surface area (Å²) in [5, 5.41) is 2.95. The SMILES string of the molecule is NCC1(C(=O)NCCCOCc2ccco2)CCC1. The molecule has 1 aromatic rings. The van der Waals surface area contributed by atoms with Gasteiger partial charge in [0.2, 0.25) is 5.91 Å². The van der Waals surface area contributed by atoms with E-state index >= 15 is 0 Å². The first-order valence-electron chi connectivity index (χ1n) is 6.85. The number of ether oxygens (including phenoxy) is 1. The quantitative estimate of drug-likeness (QED) is 0.698. The molecular weight excluding hydrogens is 244 g/mol. The molecule has 1 heterocycles. The average molecular weight is 266 g/mol. The van der Waals surface area contributed by atoms with Crippen LogP contribution in [0.3, 0.4) is 0 Å². The molecule has 1 aromatic heterocycles. The van der Waals surface area contributed by atoms with Crippen molar-refractivity contribution >= 4 is 5.91 Å². The van der Waals surface area contributed by atoms with Crippen LogP contribution < -0.4 is 11.1 Å². The molecule has 5 nitrogen and oxygen atoms in total. The molecule has 1 aliphatic rings. The standard InChI is InChI=1S/C14H22N2O3/c15-11-14(5-2-6-14)13(17)16-7-3-8-18-10-12-4-1-9-19-12/h1,4,9H,2-3,5-8,10-11,15H2,(H,16,17). The smallest absolute Gasteiger partial charge is 0.227 e. The van der Waals surface area contributed by atoms with Crippen molar-refractivity contribution in [3.8, 4) is 0 Å². The highest BCUT2D eigenvalue weighted by molar-refractivity contribution is 5.83. The van der Waals surface area contributed by atoms with Crippen LogP contribution in [0.25, 0.3) is 0 Å². The number of nitrogens with two attached hydrogens (primary N) is 1. The third kappa shape index (κ3) is 3.58. The van der Waals surface area contributed by atoms with Gasteiger partial charge in [0.25, 0.3) is 0 Å². The third-order valence-corrected chi connectivity index (χ3v) is 3.76. The van der Waals surface area contributed by atoms with Gasteiger partial charge in [-0.15, -0.1) is 0 Å². The molecule has 0 spiro atoms. The third-order valence-electron chi connectivity index (χ3n) is 3.76. The van der Waals surface area contributed by atoms with E-state index in [1.807, 2.05) is 12.1 Å². The monoisotopic (exact) mass is 266 g/mol. The van der Waals surface area contributed by atoms with Crippen molar-refractivity contribution < 1.29 is 13.9 Å². The van der Waals surface area contributed by atoms with Crippen molar-refractivity contribution in [2.24, 2.45) is 11.1 Å². The predicted molar refractivity (Wildman–Crippen MR) is 71.3 cm³/mol. The van der Waals surface area contributed by atoms with Gasteiger partial charge < -0.3 is 20.2 Å². The van der Waals surface area contributed by atoms with Crippen molar-refractivity contribution in [3.05, 3.63) is 24.2 Å². The number of carbonyl (C=O) groups excluding carboxylic acids is 1. The van der Waals surface area contributed by atoms with Gasteiger partial charge in [0, 0.05) is 19.7 Å². The maximum atomic E-state index is 12.0. The Bertz CT molecular complexity index is 380. The van der Waals surface area contributed by atoms with E-state index in [0.29, 0.717) is 26.3 Å². The summed E-state index contributed by atoms with van der Waals surface area (Å²) in [4.78, 5) is 12.0. The molecule has 3 N–H and O–H groups in total. The van der Waals surface area contributed by atoms with Gasteiger partial charge in [-0.3, -0.25) is 4.79 Å². The predicted octanol–water partition coefficient (Wildman–Crippen LogP) is 1.43. The van der Waals surface area contributed by atoms with Gasteiger partial charge in [0.05, 0.1) is 11.7 Å². The fraction of sp³-hybridized carbons (Fsp3) is 0.643. The second-order valence-corrected chi connectivity index (χ2v) is 5.08. The van der Waals surface area contributed by atoms with Crippen molar-refractivity contribution in [1.29, 1.82) is 0 Å². The first-order valence-corrected chi connectivity index (χ1v) is 6.85. The molecule has 0 aromatic carbocycles. The van der Waals surface area contributed by atoms with Crippen molar-refractivity contribution in [2.75, 3.05) is 19.7 Å². The maximum absolute atomic E-state index is 12.0. The molecule has 2 rings (SSSR count). The van der Waals surface area contributed by atoms with E-state index in [-0.39, 0.29) is 11.3 Å². The van der Waals surface area contributed by atoms with Gasteiger partial charge >= 0.3 is 0 Å². The van der Waals surface area contributed by atoms with Crippen molar-refractivity contribution in [2.45, 2.75) is 32.3 Å². The van der Waals surface area contributed by atoms with Crippen LogP contribution in [0.4, 0.5) is 0 Å². The Balaban J connectivity index is 1.53. The largest absolute Gasteiger partial charge is 0.467 e. The van der Waals surface area contributed by atoms with E-state index in [9.17, 15) is 4.79 Å². The van der Waals surface area contributed by atoms with E-state index in [4.69, 9.17) is 14.9 Å². The molecule has 1 aliphatic carbocycles. The minimum absolute atomic E-state index is 0.104. The van der Waals surface area contributed by atoms with E-state index in [2.05, 4.69) is 5.32 Å². The average Bonchev–Trinajstić information content (AvgIpc) is 2.86. The number of hydrogen-bond donors (Lipinski definition) is 2. The summed E-state index contributed by atoms with van der Waals surface area (Å²) in [5.74, 6) is 0.924. The zero-order chi connectivity index (χ0) is 13.6. The van der Waals surface area contributed by atoms with E-state index in [1.165, 1.54) is 0 Å². The lowest BCUT2D eigenvalue weighted by Crippen LogP contribution is -2.50. The maximum Gasteiger partial charge on any atom is 0.227 e. The van der Waals surface area contributed by atoms with Gasteiger partial charge in [-0.25, -0.2) is 0 Å². The highest BCUT2D eigenvalue weighted by Gasteiger charge is 2.42. The minimum atomic E-state index is -0.283. The summed E-state index contributed by atoms with van der Waals surface area (Å²) >= 11 is 0. The highest BCUT2D eigenvalue weighted by Crippen LogP contribution is 2.39. The van der Waals surface area contributed by atoms with Crippen LogP contribution in [0.2, 0.25) is 0 Å². The minimum Gasteiger partial charge on any atom is -0.467 e. The van der Waals surface area contributed by atoms with E-state index in [1.54, 1.807) is 6.26 Å². The molecule has 0 saturated heterocycles. The van der Waals surface area contributed by atoms with E-state index < -0.39 is 0 Å². The molecule has 0 aliphatic heterocycles. The molecule has 0 unspecified atom stereocenters. The lowest BCUT2D eigenvalue weighted by Gasteiger charge is -2.39. The fourth-order valence-corrected chi connectivity index (χ4v) is 2.26. The second kappa shape index (κ2) is 6.73. The Kier molecular flexibility index (Phi) is 4.99. The van der Waals surface area contributed by atoms with E-state index in [0.717, 1.165) is 31.4 Å². The number of rotatable bonds is 8. The Morgan fingerprint density at radius 1 is 1.53 bits per heavy atom. The van der Waals surface area contributed by atoms with Crippen LogP contribution in [0.5, 0.6) is 0 Å². The Hall–Kier alpha value is -1.33. The number of nitrogens with one attached hydrogen (secondary N) is 1. The molecule has 5 heteroatoms. The summed E-state index contributed by atoms with van der Waals surface area (Å²) in [6, 6.07) is 3.72. The number of hydrogen-bond acceptors (Lipinski definition) is 4. The Morgan fingerprint density at radius 3 is 2.95 bits per heavy atom. The first kappa shape index (κ1) is 14.1. The lowest BCUT2D eigenvalue weighted by atomic mass is 9.68. The van der Waals surface area contributed by atoms with Crippen LogP contribution in [-0.2, 0) is 16.1 Å². The molecule has 1 amide bonds. The first-order chi connectivity index (χ1) is 9.27. The van der Waals surface area contributed by atoms with Gasteiger partial charge in [0.1, 0.15) is 12.4 Å². The van der Waals surface area contributed by atoms with Crippen LogP contribution in [0.15, 0.2) is 22.8 Å². The summed E-state index contributed by atoms with van der Waals surface area (Å²) < 4.78 is 10.6. The lowest BCUT2D eigenvalue weighted by molar-refractivity contribution is -0.135. The Morgan fingerprint density at radius 2 is 2.37 bits per heavy atom. The molecule has 106 valence electrons. The normalized spacial score (nSPS) is 16.9. The van der Waals surface area contributed by atoms with Crippen LogP contribution in [0, 0.1) is 5.41 Å². The zero-order valence-corrected chi connectivity index (χ0v) is 11.2. The fourth-order valence-electron chi connectivity index (χ4n) is 2.26. The molecule has 19 heavy (non-hydrogen) atoms. The Labute approximate surface area is 113 Å². The van der Waals surface area contributed by atoms with Gasteiger partial charge in [-0.1, -0.05) is 6.42 Å². The summed E-state index contributed by atoms with van der Waals surface area (Å²) in [6.45, 7) is 2.18. The highest BCUT2D eigenvalue weighted by atomic mass is 16.5. The number of furan rings is 1. The van der Waals surface area contributed by atoms with Crippen LogP contribution in [0.1, 0.15) is 31.4 Å². The van der Waals surface area contributed by atoms with Crippen molar-refractivity contribution in [3.63, 3.8) is 0 Å². The van der Waals surface area contributed by atoms with Gasteiger partial charge in [-0.2, -0.15) is 0 Å². The molecule has 0 bridgehead atoms.